The maximum atomic E-state index is 6.10. The van der Waals surface area contributed by atoms with E-state index < -0.39 is 0 Å². The smallest absolute Gasteiger partial charge is 0.122 e. The molecule has 2 nitrogen and oxygen atoms in total. The Labute approximate surface area is 165 Å². The Morgan fingerprint density at radius 3 is 2.26 bits per heavy atom. The lowest BCUT2D eigenvalue weighted by Gasteiger charge is -2.26. The second kappa shape index (κ2) is 11.8. The van der Waals surface area contributed by atoms with Crippen molar-refractivity contribution in [3.8, 4) is 5.75 Å². The number of unbranched alkanes of at least 4 members (excludes halogenated alkanes) is 4. The first kappa shape index (κ1) is 19.9. The van der Waals surface area contributed by atoms with Gasteiger partial charge < -0.3 is 9.64 Å². The highest BCUT2D eigenvalue weighted by Crippen LogP contribution is 2.22. The predicted molar refractivity (Wildman–Crippen MR) is 115 cm³/mol. The fourth-order valence-electron chi connectivity index (χ4n) is 3.94. The van der Waals surface area contributed by atoms with Crippen LogP contribution in [0.2, 0.25) is 0 Å². The third-order valence-corrected chi connectivity index (χ3v) is 5.53. The summed E-state index contributed by atoms with van der Waals surface area (Å²) in [5.74, 6) is 1.05. The highest BCUT2D eigenvalue weighted by Gasteiger charge is 2.08. The monoisotopic (exact) mass is 365 g/mol. The molecule has 0 amide bonds. The minimum absolute atomic E-state index is 0.831. The van der Waals surface area contributed by atoms with Crippen LogP contribution in [-0.2, 0) is 6.42 Å². The van der Waals surface area contributed by atoms with Crippen LogP contribution in [0.4, 0.5) is 0 Å². The van der Waals surface area contributed by atoms with Crippen molar-refractivity contribution in [2.24, 2.45) is 0 Å². The summed E-state index contributed by atoms with van der Waals surface area (Å²) in [4.78, 5) is 2.65. The number of piperidine rings is 1. The molecule has 2 aromatic rings. The van der Waals surface area contributed by atoms with E-state index >= 15 is 0 Å². The standard InChI is InChI=1S/C25H35NO/c1(2-10-18-26-19-11-5-12-20-26)3-13-21-27-25-17-9-8-16-24(25)22-23-14-6-4-7-15-23/h4,6-9,14-17H,1-3,5,10-13,18-22H2. The maximum Gasteiger partial charge on any atom is 0.122 e. The molecule has 1 heterocycles. The van der Waals surface area contributed by atoms with Gasteiger partial charge in [-0.05, 0) is 62.5 Å². The highest BCUT2D eigenvalue weighted by atomic mass is 16.5. The van der Waals surface area contributed by atoms with E-state index in [-0.39, 0.29) is 0 Å². The molecule has 0 bridgehead atoms. The molecule has 0 saturated carbocycles. The van der Waals surface area contributed by atoms with E-state index in [0.717, 1.165) is 25.2 Å². The number of para-hydroxylation sites is 1. The lowest BCUT2D eigenvalue weighted by molar-refractivity contribution is 0.223. The minimum Gasteiger partial charge on any atom is -0.493 e. The molecular formula is C25H35NO. The molecule has 0 N–H and O–H groups in total. The van der Waals surface area contributed by atoms with Crippen molar-refractivity contribution in [1.82, 2.24) is 4.90 Å². The summed E-state index contributed by atoms with van der Waals surface area (Å²) in [6.45, 7) is 4.80. The van der Waals surface area contributed by atoms with Crippen molar-refractivity contribution < 1.29 is 4.74 Å². The fourth-order valence-corrected chi connectivity index (χ4v) is 3.94. The molecular weight excluding hydrogens is 330 g/mol. The van der Waals surface area contributed by atoms with Crippen molar-refractivity contribution in [3.63, 3.8) is 0 Å². The van der Waals surface area contributed by atoms with E-state index in [9.17, 15) is 0 Å². The van der Waals surface area contributed by atoms with Gasteiger partial charge >= 0.3 is 0 Å². The third-order valence-electron chi connectivity index (χ3n) is 5.53. The molecule has 27 heavy (non-hydrogen) atoms. The van der Waals surface area contributed by atoms with E-state index in [4.69, 9.17) is 4.74 Å². The van der Waals surface area contributed by atoms with E-state index in [1.165, 1.54) is 75.7 Å². The van der Waals surface area contributed by atoms with Crippen molar-refractivity contribution in [1.29, 1.82) is 0 Å². The van der Waals surface area contributed by atoms with Gasteiger partial charge in [0.25, 0.3) is 0 Å². The number of nitrogens with zero attached hydrogens (tertiary/aromatic N) is 1. The van der Waals surface area contributed by atoms with Crippen LogP contribution in [0.3, 0.4) is 0 Å². The van der Waals surface area contributed by atoms with Crippen LogP contribution >= 0.6 is 0 Å². The summed E-state index contributed by atoms with van der Waals surface area (Å²) >= 11 is 0. The van der Waals surface area contributed by atoms with E-state index in [1.54, 1.807) is 0 Å². The average Bonchev–Trinajstić information content (AvgIpc) is 2.73. The first-order valence-corrected chi connectivity index (χ1v) is 10.9. The summed E-state index contributed by atoms with van der Waals surface area (Å²) in [6, 6.07) is 19.1. The molecule has 2 heteroatoms. The first-order valence-electron chi connectivity index (χ1n) is 10.9. The zero-order valence-electron chi connectivity index (χ0n) is 16.7. The summed E-state index contributed by atoms with van der Waals surface area (Å²) in [5.41, 5.74) is 2.62. The molecule has 0 aliphatic carbocycles. The van der Waals surface area contributed by atoms with Crippen molar-refractivity contribution in [2.75, 3.05) is 26.2 Å². The van der Waals surface area contributed by atoms with Crippen LogP contribution in [0.1, 0.15) is 62.5 Å². The number of hydrogen-bond donors (Lipinski definition) is 0. The van der Waals surface area contributed by atoms with Crippen LogP contribution in [-0.4, -0.2) is 31.1 Å². The van der Waals surface area contributed by atoms with Gasteiger partial charge in [0.05, 0.1) is 6.61 Å². The van der Waals surface area contributed by atoms with Crippen LogP contribution in [0.25, 0.3) is 0 Å². The highest BCUT2D eigenvalue weighted by molar-refractivity contribution is 5.37. The predicted octanol–water partition coefficient (Wildman–Crippen LogP) is 6.09. The van der Waals surface area contributed by atoms with E-state index in [0.29, 0.717) is 0 Å². The van der Waals surface area contributed by atoms with Crippen molar-refractivity contribution in [2.45, 2.75) is 57.8 Å². The number of rotatable bonds is 11. The van der Waals surface area contributed by atoms with Gasteiger partial charge in [0.15, 0.2) is 0 Å². The number of likely N-dealkylation sites (tertiary alicyclic amines) is 1. The first-order chi connectivity index (χ1) is 13.4. The maximum absolute atomic E-state index is 6.10. The molecule has 3 rings (SSSR count). The van der Waals surface area contributed by atoms with Gasteiger partial charge in [0, 0.05) is 6.42 Å². The van der Waals surface area contributed by atoms with Gasteiger partial charge in [0.2, 0.25) is 0 Å². The molecule has 2 aromatic carbocycles. The van der Waals surface area contributed by atoms with E-state index in [1.807, 2.05) is 0 Å². The molecule has 1 fully saturated rings. The van der Waals surface area contributed by atoms with E-state index in [2.05, 4.69) is 59.5 Å². The summed E-state index contributed by atoms with van der Waals surface area (Å²) < 4.78 is 6.10. The molecule has 0 unspecified atom stereocenters. The Hall–Kier alpha value is -1.80. The Morgan fingerprint density at radius 2 is 1.41 bits per heavy atom. The average molecular weight is 366 g/mol. The lowest BCUT2D eigenvalue weighted by atomic mass is 10.0. The second-order valence-corrected chi connectivity index (χ2v) is 7.79. The SMILES string of the molecule is c1ccc(Cc2ccccc2OCCCCCCCN2CCCCC2)cc1. The van der Waals surface area contributed by atoms with Gasteiger partial charge in [-0.25, -0.2) is 0 Å². The second-order valence-electron chi connectivity index (χ2n) is 7.79. The molecule has 0 aromatic heterocycles. The molecule has 1 aliphatic heterocycles. The zero-order valence-corrected chi connectivity index (χ0v) is 16.7. The molecule has 0 radical (unpaired) electrons. The number of ether oxygens (including phenoxy) is 1. The fraction of sp³-hybridized carbons (Fsp3) is 0.520. The van der Waals surface area contributed by atoms with Gasteiger partial charge in [-0.15, -0.1) is 0 Å². The Kier molecular flexibility index (Phi) is 8.73. The largest absolute Gasteiger partial charge is 0.493 e. The Balaban J connectivity index is 1.29. The van der Waals surface area contributed by atoms with Gasteiger partial charge in [-0.3, -0.25) is 0 Å². The van der Waals surface area contributed by atoms with Gasteiger partial charge in [-0.2, -0.15) is 0 Å². The quantitative estimate of drug-likeness (QED) is 0.447. The van der Waals surface area contributed by atoms with Gasteiger partial charge in [0.1, 0.15) is 5.75 Å². The summed E-state index contributed by atoms with van der Waals surface area (Å²) in [6.07, 6.45) is 11.7. The van der Waals surface area contributed by atoms with Crippen LogP contribution < -0.4 is 4.74 Å². The summed E-state index contributed by atoms with van der Waals surface area (Å²) in [5, 5.41) is 0. The normalized spacial score (nSPS) is 15.0. The topological polar surface area (TPSA) is 12.5 Å². The van der Waals surface area contributed by atoms with Crippen LogP contribution in [0, 0.1) is 0 Å². The molecule has 146 valence electrons. The Bertz CT molecular complexity index is 634. The molecule has 1 aliphatic rings. The van der Waals surface area contributed by atoms with Crippen LogP contribution in [0.5, 0.6) is 5.75 Å². The minimum atomic E-state index is 0.831. The summed E-state index contributed by atoms with van der Waals surface area (Å²) in [7, 11) is 0. The molecule has 0 spiro atoms. The van der Waals surface area contributed by atoms with Gasteiger partial charge in [-0.1, -0.05) is 74.2 Å². The Morgan fingerprint density at radius 1 is 0.704 bits per heavy atom. The number of benzene rings is 2. The molecule has 0 atom stereocenters. The zero-order chi connectivity index (χ0) is 18.6. The van der Waals surface area contributed by atoms with Crippen molar-refractivity contribution in [3.05, 3.63) is 65.7 Å². The third kappa shape index (κ3) is 7.38. The number of hydrogen-bond acceptors (Lipinski definition) is 2. The van der Waals surface area contributed by atoms with Crippen molar-refractivity contribution >= 4 is 0 Å². The lowest BCUT2D eigenvalue weighted by Crippen LogP contribution is -2.30. The van der Waals surface area contributed by atoms with Crippen LogP contribution in [0.15, 0.2) is 54.6 Å². The molecule has 1 saturated heterocycles.